The van der Waals surface area contributed by atoms with Gasteiger partial charge in [0.05, 0.1) is 11.2 Å². The highest BCUT2D eigenvalue weighted by atomic mass is 35.5. The van der Waals surface area contributed by atoms with Gasteiger partial charge in [0.1, 0.15) is 0 Å². The van der Waals surface area contributed by atoms with E-state index in [0.717, 1.165) is 33.3 Å². The third kappa shape index (κ3) is 12.4. The highest BCUT2D eigenvalue weighted by Gasteiger charge is 2.51. The number of halogens is 3. The highest BCUT2D eigenvalue weighted by Crippen LogP contribution is 2.37. The van der Waals surface area contributed by atoms with Crippen molar-refractivity contribution in [1.29, 1.82) is 0 Å². The maximum atomic E-state index is 6.27. The first-order chi connectivity index (χ1) is 38.8. The Balaban J connectivity index is 0.000000137. The van der Waals surface area contributed by atoms with E-state index in [1.165, 1.54) is 54.9 Å². The van der Waals surface area contributed by atoms with Crippen LogP contribution in [0.5, 0.6) is 0 Å². The summed E-state index contributed by atoms with van der Waals surface area (Å²) in [6, 6.07) is 83.4. The molecule has 0 N–H and O–H groups in total. The van der Waals surface area contributed by atoms with Crippen LogP contribution in [-0.4, -0.2) is 48.2 Å². The Morgan fingerprint density at radius 3 is 1.00 bits per heavy atom. The third-order valence-electron chi connectivity index (χ3n) is 14.3. The molecule has 0 radical (unpaired) electrons. The van der Waals surface area contributed by atoms with Crippen molar-refractivity contribution in [1.82, 2.24) is 29.9 Å². The molecule has 8 nitrogen and oxygen atoms in total. The Hall–Kier alpha value is -8.41. The molecule has 80 heavy (non-hydrogen) atoms. The van der Waals surface area contributed by atoms with Crippen molar-refractivity contribution in [2.24, 2.45) is 0 Å². The van der Waals surface area contributed by atoms with E-state index in [0.29, 0.717) is 17.5 Å². The van der Waals surface area contributed by atoms with Crippen LogP contribution in [0.2, 0.25) is 15.9 Å². The molecule has 0 atom stereocenters. The molecule has 0 amide bonds. The van der Waals surface area contributed by atoms with Gasteiger partial charge in [-0.3, -0.25) is 0 Å². The first-order valence-electron chi connectivity index (χ1n) is 26.2. The fourth-order valence-electron chi connectivity index (χ4n) is 9.39. The Labute approximate surface area is 481 Å². The third-order valence-corrected chi connectivity index (χ3v) is 14.9. The fraction of sp³-hybridized carbons (Fsp3) is 0.0882. The van der Waals surface area contributed by atoms with Gasteiger partial charge >= 0.3 is 7.12 Å². The number of hydrogen-bond acceptors (Lipinski definition) is 8. The average molecular weight is 1100 g/mol. The van der Waals surface area contributed by atoms with Crippen molar-refractivity contribution in [3.05, 3.63) is 259 Å². The number of fused-ring (bicyclic) bond motifs is 2. The van der Waals surface area contributed by atoms with E-state index >= 15 is 0 Å². The molecule has 10 aromatic carbocycles. The molecule has 3 heterocycles. The second kappa shape index (κ2) is 23.5. The Morgan fingerprint density at radius 1 is 0.275 bits per heavy atom. The van der Waals surface area contributed by atoms with Gasteiger partial charge in [-0.25, -0.2) is 4.98 Å². The molecule has 12 aromatic rings. The Morgan fingerprint density at radius 2 is 0.575 bits per heavy atom. The number of nitrogens with zero attached hydrogens (tertiary/aromatic N) is 6. The lowest BCUT2D eigenvalue weighted by atomic mass is 9.78. The van der Waals surface area contributed by atoms with Crippen molar-refractivity contribution in [2.45, 2.75) is 38.9 Å². The maximum Gasteiger partial charge on any atom is 0.494 e. The SMILES string of the molecule is CC1(C)OB(c2cccc(-c3ccc4cc(-c5ccccc5)ccc4c3)c2)OC1(C)C.Clc1nc(-c2ccccc2)nc(-c2cccc(-c3ccc4cc(-c5ccccc5)ccc4c3)c2)n1.Clc1nc(Cl)nc(-c2ccccc2)n1. The summed E-state index contributed by atoms with van der Waals surface area (Å²) in [5.74, 6) is 1.60. The van der Waals surface area contributed by atoms with E-state index in [1.54, 1.807) is 0 Å². The number of benzene rings is 10. The fourth-order valence-corrected chi connectivity index (χ4v) is 9.91. The molecule has 1 aliphatic rings. The van der Waals surface area contributed by atoms with Crippen molar-refractivity contribution < 1.29 is 9.31 Å². The van der Waals surface area contributed by atoms with Gasteiger partial charge in [0, 0.05) is 16.7 Å². The van der Waals surface area contributed by atoms with E-state index in [9.17, 15) is 0 Å². The van der Waals surface area contributed by atoms with Crippen molar-refractivity contribution in [3.63, 3.8) is 0 Å². The topological polar surface area (TPSA) is 95.8 Å². The molecular weight excluding hydrogens is 1050 g/mol. The van der Waals surface area contributed by atoms with Crippen molar-refractivity contribution in [2.75, 3.05) is 0 Å². The summed E-state index contributed by atoms with van der Waals surface area (Å²) in [6.45, 7) is 8.35. The summed E-state index contributed by atoms with van der Waals surface area (Å²) in [6.07, 6.45) is 0. The first kappa shape index (κ1) is 53.6. The van der Waals surface area contributed by atoms with Gasteiger partial charge in [-0.2, -0.15) is 24.9 Å². The molecule has 2 aromatic heterocycles. The van der Waals surface area contributed by atoms with Gasteiger partial charge in [-0.1, -0.05) is 212 Å². The normalized spacial score (nSPS) is 13.3. The lowest BCUT2D eigenvalue weighted by molar-refractivity contribution is 0.00578. The lowest BCUT2D eigenvalue weighted by Gasteiger charge is -2.32. The van der Waals surface area contributed by atoms with E-state index < -0.39 is 0 Å². The molecule has 0 spiro atoms. The number of aromatic nitrogens is 6. The minimum Gasteiger partial charge on any atom is -0.399 e. The van der Waals surface area contributed by atoms with Gasteiger partial charge in [0.25, 0.3) is 0 Å². The Bertz CT molecular complexity index is 4100. The van der Waals surface area contributed by atoms with Crippen LogP contribution in [0, 0.1) is 0 Å². The minimum absolute atomic E-state index is 0.101. The molecule has 1 fully saturated rings. The first-order valence-corrected chi connectivity index (χ1v) is 27.3. The standard InChI is InChI=1S/C31H20ClN3.C28H27BO2.C9H5Cl2N3/c32-31-34-29(22-10-5-2-6-11-22)33-30(35-31)28-13-7-12-23(20-28)25-16-17-26-18-24(14-15-27(26)19-25)21-8-3-1-4-9-21;1-27(2)28(3,4)31-29(30-27)26-12-8-11-21(19-26)23-15-16-24-17-22(13-14-25(24)18-23)20-9-6-5-7-10-20;10-8-12-7(13-9(11)14-8)6-4-2-1-3-5-6/h1-20H;5-19H,1-4H3;1-5H. The lowest BCUT2D eigenvalue weighted by Crippen LogP contribution is -2.41. The summed E-state index contributed by atoms with van der Waals surface area (Å²) in [5, 5.41) is 5.27. The molecule has 12 heteroatoms. The zero-order valence-corrected chi connectivity index (χ0v) is 46.6. The van der Waals surface area contributed by atoms with Crippen LogP contribution in [0.15, 0.2) is 243 Å². The molecule has 13 rings (SSSR count). The van der Waals surface area contributed by atoms with Gasteiger partial charge in [-0.15, -0.1) is 0 Å². The summed E-state index contributed by atoms with van der Waals surface area (Å²) in [4.78, 5) is 25.0. The monoisotopic (exact) mass is 1100 g/mol. The largest absolute Gasteiger partial charge is 0.494 e. The van der Waals surface area contributed by atoms with E-state index in [2.05, 4.69) is 216 Å². The summed E-state index contributed by atoms with van der Waals surface area (Å²) < 4.78 is 12.5. The van der Waals surface area contributed by atoms with Crippen LogP contribution in [0.3, 0.4) is 0 Å². The molecular formula is C68H52BCl3N6O2. The van der Waals surface area contributed by atoms with E-state index in [1.807, 2.05) is 78.9 Å². The second-order valence-electron chi connectivity index (χ2n) is 20.3. The predicted octanol–water partition coefficient (Wildman–Crippen LogP) is 17.7. The van der Waals surface area contributed by atoms with Crippen LogP contribution in [0.4, 0.5) is 0 Å². The van der Waals surface area contributed by atoms with E-state index in [-0.39, 0.29) is 34.2 Å². The predicted molar refractivity (Wildman–Crippen MR) is 330 cm³/mol. The molecule has 0 unspecified atom stereocenters. The summed E-state index contributed by atoms with van der Waals surface area (Å²) >= 11 is 17.6. The number of hydrogen-bond donors (Lipinski definition) is 0. The van der Waals surface area contributed by atoms with Gasteiger partial charge in [-0.05, 0) is 164 Å². The smallest absolute Gasteiger partial charge is 0.399 e. The second-order valence-corrected chi connectivity index (χ2v) is 21.3. The molecule has 0 saturated carbocycles. The van der Waals surface area contributed by atoms with Crippen molar-refractivity contribution >= 4 is 68.9 Å². The van der Waals surface area contributed by atoms with Crippen LogP contribution in [-0.2, 0) is 9.31 Å². The van der Waals surface area contributed by atoms with Crippen LogP contribution in [0.25, 0.3) is 100 Å². The quantitative estimate of drug-likeness (QED) is 0.139. The van der Waals surface area contributed by atoms with Crippen LogP contribution < -0.4 is 5.46 Å². The van der Waals surface area contributed by atoms with E-state index in [4.69, 9.17) is 49.1 Å². The summed E-state index contributed by atoms with van der Waals surface area (Å²) in [7, 11) is -0.348. The Kier molecular flexibility index (Phi) is 15.8. The average Bonchev–Trinajstić information content (AvgIpc) is 3.73. The zero-order valence-electron chi connectivity index (χ0n) is 44.3. The molecule has 1 saturated heterocycles. The summed E-state index contributed by atoms with van der Waals surface area (Å²) in [5.41, 5.74) is 12.5. The van der Waals surface area contributed by atoms with Gasteiger partial charge in [0.2, 0.25) is 15.9 Å². The highest BCUT2D eigenvalue weighted by molar-refractivity contribution is 6.62. The van der Waals surface area contributed by atoms with Crippen LogP contribution in [0.1, 0.15) is 27.7 Å². The molecule has 1 aliphatic heterocycles. The zero-order chi connectivity index (χ0) is 55.2. The maximum absolute atomic E-state index is 6.27. The van der Waals surface area contributed by atoms with Gasteiger partial charge in [0.15, 0.2) is 17.5 Å². The van der Waals surface area contributed by atoms with Crippen molar-refractivity contribution in [3.8, 4) is 78.7 Å². The minimum atomic E-state index is -0.348. The molecule has 390 valence electrons. The van der Waals surface area contributed by atoms with Crippen LogP contribution >= 0.6 is 34.8 Å². The van der Waals surface area contributed by atoms with Gasteiger partial charge < -0.3 is 9.31 Å². The molecule has 0 bridgehead atoms. The number of rotatable bonds is 8. The molecule has 0 aliphatic carbocycles.